The predicted octanol–water partition coefficient (Wildman–Crippen LogP) is -8.49. The summed E-state index contributed by atoms with van der Waals surface area (Å²) >= 11 is 2.56. The molecule has 0 aromatic heterocycles. The molecule has 0 aliphatic heterocycles. The molecule has 0 aliphatic rings. The van der Waals surface area contributed by atoms with Crippen LogP contribution in [0.1, 0.15) is 0 Å². The number of rotatable bonds is 0. The van der Waals surface area contributed by atoms with Crippen LogP contribution in [0.3, 0.4) is 0 Å². The molecule has 0 heterocycles. The summed E-state index contributed by atoms with van der Waals surface area (Å²) in [6.45, 7) is 23.8. The van der Waals surface area contributed by atoms with Crippen molar-refractivity contribution >= 4 is 0 Å². The Bertz CT molecular complexity index is 102. The van der Waals surface area contributed by atoms with E-state index in [1.165, 1.54) is 0 Å². The van der Waals surface area contributed by atoms with Crippen LogP contribution in [0, 0.1) is 63.4 Å². The third kappa shape index (κ3) is 531. The van der Waals surface area contributed by atoms with Crippen molar-refractivity contribution in [1.82, 2.24) is 0 Å². The molecule has 0 amide bonds. The summed E-state index contributed by atoms with van der Waals surface area (Å²) < 4.78 is 6.69. The van der Waals surface area contributed by atoms with Crippen LogP contribution in [0.5, 0.6) is 0 Å². The summed E-state index contributed by atoms with van der Waals surface area (Å²) in [4.78, 5) is 0. The van der Waals surface area contributed by atoms with E-state index in [0.29, 0.717) is 0 Å². The van der Waals surface area contributed by atoms with Gasteiger partial charge in [-0.2, -0.15) is 0 Å². The SMILES string of the molecule is [C-]#N.[C-]#N.[C-]#N.[C-]#N.[C-]#N.[K+].[K+].[K+].[N]#[Co]. The van der Waals surface area contributed by atoms with Gasteiger partial charge in [0.05, 0.1) is 0 Å². The van der Waals surface area contributed by atoms with Crippen molar-refractivity contribution < 1.29 is 170 Å². The van der Waals surface area contributed by atoms with Crippen LogP contribution < -0.4 is 154 Å². The average Bonchev–Trinajstić information content (AvgIpc) is 2.33. The maximum atomic E-state index is 6.69. The second-order valence-electron chi connectivity index (χ2n) is 0. The minimum absolute atomic E-state index is 0. The standard InChI is InChI=1S/5CN.Co.3K.N/c5*1-2;;;;;/q5*-1;;3*+1;. The summed E-state index contributed by atoms with van der Waals surface area (Å²) in [6.07, 6.45) is 0. The van der Waals surface area contributed by atoms with Crippen LogP contribution in [0.2, 0.25) is 0 Å². The Balaban J connectivity index is -0.00000000396. The van der Waals surface area contributed by atoms with Crippen molar-refractivity contribution in [1.29, 1.82) is 30.5 Å². The van der Waals surface area contributed by atoms with Gasteiger partial charge < -0.3 is 59.2 Å². The van der Waals surface area contributed by atoms with Gasteiger partial charge in [-0.3, -0.25) is 0 Å². The van der Waals surface area contributed by atoms with Crippen molar-refractivity contribution in [2.24, 2.45) is 0 Å². The van der Waals surface area contributed by atoms with Crippen LogP contribution in [-0.4, -0.2) is 0 Å². The molecule has 15 heavy (non-hydrogen) atoms. The molecule has 0 radical (unpaired) electrons. The minimum atomic E-state index is 0. The molecular formula is C5CoK3N6-2. The van der Waals surface area contributed by atoms with Crippen LogP contribution in [0.4, 0.5) is 0 Å². The molecule has 6 nitrogen and oxygen atoms in total. The number of hydrogen-bond donors (Lipinski definition) is 0. The van der Waals surface area contributed by atoms with Crippen molar-refractivity contribution in [2.45, 2.75) is 0 Å². The predicted molar refractivity (Wildman–Crippen MR) is 26.6 cm³/mol. The number of hydrogen-bond acceptors (Lipinski definition) is 6. The zero-order valence-electron chi connectivity index (χ0n) is 8.52. The summed E-state index contributed by atoms with van der Waals surface area (Å²) in [7, 11) is 0. The molecule has 0 aromatic rings. The summed E-state index contributed by atoms with van der Waals surface area (Å²) in [5.41, 5.74) is 0. The first kappa shape index (κ1) is 65.7. The quantitative estimate of drug-likeness (QED) is 0.320. The van der Waals surface area contributed by atoms with Gasteiger partial charge in [-0.05, 0) is 0 Å². The molecule has 10 heteroatoms. The normalized spacial score (nSPS) is 0.933. The molecular weight excluding hydrogens is 320 g/mol. The Morgan fingerprint density at radius 2 is 0.400 bits per heavy atom. The molecule has 0 saturated carbocycles. The van der Waals surface area contributed by atoms with E-state index in [9.17, 15) is 0 Å². The maximum absolute atomic E-state index is 6.69. The molecule has 0 atom stereocenters. The first-order chi connectivity index (χ1) is 6.00. The topological polar surface area (TPSA) is 143 Å². The van der Waals surface area contributed by atoms with E-state index in [4.69, 9.17) is 63.4 Å². The van der Waals surface area contributed by atoms with Crippen molar-refractivity contribution in [3.63, 3.8) is 0 Å². The van der Waals surface area contributed by atoms with E-state index in [1.54, 1.807) is 0 Å². The summed E-state index contributed by atoms with van der Waals surface area (Å²) in [5, 5.41) is 31.2. The monoisotopic (exact) mass is 320 g/mol. The molecule has 0 aliphatic carbocycles. The van der Waals surface area contributed by atoms with E-state index in [-0.39, 0.29) is 154 Å². The second kappa shape index (κ2) is 606. The first-order valence-electron chi connectivity index (χ1n) is 1.27. The third-order valence-electron chi connectivity index (χ3n) is 0. The van der Waals surface area contributed by atoms with Crippen LogP contribution in [0.25, 0.3) is 0 Å². The fourth-order valence-electron chi connectivity index (χ4n) is 0. The van der Waals surface area contributed by atoms with Gasteiger partial charge in [0.25, 0.3) is 0 Å². The van der Waals surface area contributed by atoms with Crippen molar-refractivity contribution in [3.8, 4) is 0 Å². The molecule has 64 valence electrons. The van der Waals surface area contributed by atoms with E-state index in [1.807, 2.05) is 0 Å². The van der Waals surface area contributed by atoms with Crippen LogP contribution >= 0.6 is 0 Å². The third-order valence-corrected chi connectivity index (χ3v) is 0. The van der Waals surface area contributed by atoms with Crippen LogP contribution in [-0.2, 0) is 15.4 Å². The Kier molecular flexibility index (Phi) is 2650. The Morgan fingerprint density at radius 3 is 0.400 bits per heavy atom. The van der Waals surface area contributed by atoms with Gasteiger partial charge in [-0.25, -0.2) is 0 Å². The van der Waals surface area contributed by atoms with Gasteiger partial charge >= 0.3 is 174 Å². The van der Waals surface area contributed by atoms with E-state index >= 15 is 0 Å². The molecule has 0 N–H and O–H groups in total. The first-order valence-corrected chi connectivity index (χ1v) is 1.73. The Hall–Kier alpha value is 2.58. The summed E-state index contributed by atoms with van der Waals surface area (Å²) in [6, 6.07) is 0. The fraction of sp³-hybridized carbons (Fsp3) is 0. The van der Waals surface area contributed by atoms with Crippen molar-refractivity contribution in [3.05, 3.63) is 32.9 Å². The van der Waals surface area contributed by atoms with E-state index < -0.39 is 0 Å². The Morgan fingerprint density at radius 1 is 0.400 bits per heavy atom. The van der Waals surface area contributed by atoms with Crippen LogP contribution in [0.15, 0.2) is 0 Å². The van der Waals surface area contributed by atoms with E-state index in [0.717, 1.165) is 0 Å². The molecule has 0 unspecified atom stereocenters. The molecule has 0 saturated heterocycles. The summed E-state index contributed by atoms with van der Waals surface area (Å²) in [5.74, 6) is 0. The average molecular weight is 320 g/mol. The zero-order chi connectivity index (χ0) is 12.0. The Labute approximate surface area is 226 Å². The molecule has 0 spiro atoms. The molecule has 0 bridgehead atoms. The van der Waals surface area contributed by atoms with Gasteiger partial charge in [0.1, 0.15) is 0 Å². The zero-order valence-corrected chi connectivity index (χ0v) is 18.9. The number of nitrogens with zero attached hydrogens (tertiary/aromatic N) is 6. The van der Waals surface area contributed by atoms with Crippen molar-refractivity contribution in [2.75, 3.05) is 0 Å². The molecule has 0 fully saturated rings. The van der Waals surface area contributed by atoms with Gasteiger partial charge in [0.15, 0.2) is 0 Å². The second-order valence-corrected chi connectivity index (χ2v) is 0. The van der Waals surface area contributed by atoms with E-state index in [2.05, 4.69) is 15.4 Å². The van der Waals surface area contributed by atoms with Gasteiger partial charge in [0.2, 0.25) is 0 Å². The van der Waals surface area contributed by atoms with Gasteiger partial charge in [-0.15, -0.1) is 0 Å². The van der Waals surface area contributed by atoms with Gasteiger partial charge in [0, 0.05) is 0 Å². The molecule has 0 aromatic carbocycles. The van der Waals surface area contributed by atoms with Gasteiger partial charge in [-0.1, -0.05) is 0 Å². The molecule has 0 rings (SSSR count). The fourth-order valence-corrected chi connectivity index (χ4v) is 0.